The van der Waals surface area contributed by atoms with Crippen LogP contribution in [-0.2, 0) is 27.5 Å². The van der Waals surface area contributed by atoms with Gasteiger partial charge in [-0.3, -0.25) is 4.79 Å². The monoisotopic (exact) mass is 417 g/mol. The van der Waals surface area contributed by atoms with Crippen molar-refractivity contribution in [2.45, 2.75) is 40.0 Å². The Balaban J connectivity index is 1.69. The quantitative estimate of drug-likeness (QED) is 0.719. The summed E-state index contributed by atoms with van der Waals surface area (Å²) in [5.41, 5.74) is 2.94. The summed E-state index contributed by atoms with van der Waals surface area (Å²) in [5, 5.41) is 3.29. The van der Waals surface area contributed by atoms with E-state index >= 15 is 0 Å². The van der Waals surface area contributed by atoms with Gasteiger partial charge in [0.25, 0.3) is 5.91 Å². The van der Waals surface area contributed by atoms with E-state index in [1.807, 2.05) is 26.8 Å². The Hall–Kier alpha value is -2.57. The molecule has 0 radical (unpaired) electrons. The smallest absolute Gasteiger partial charge is 0.329 e. The first kappa shape index (κ1) is 21.1. The van der Waals surface area contributed by atoms with E-state index in [1.165, 1.54) is 0 Å². The first-order valence-electron chi connectivity index (χ1n) is 9.41. The molecule has 1 atom stereocenters. The third-order valence-electron chi connectivity index (χ3n) is 4.61. The van der Waals surface area contributed by atoms with Crippen LogP contribution in [0.2, 0.25) is 5.02 Å². The van der Waals surface area contributed by atoms with Gasteiger partial charge in [-0.1, -0.05) is 43.1 Å². The molecule has 1 amide bonds. The molecule has 3 rings (SSSR count). The Morgan fingerprint density at radius 3 is 2.76 bits per heavy atom. The van der Waals surface area contributed by atoms with Crippen LogP contribution in [0.25, 0.3) is 0 Å². The van der Waals surface area contributed by atoms with Crippen molar-refractivity contribution in [3.05, 3.63) is 63.7 Å². The molecule has 0 unspecified atom stereocenters. The molecule has 0 saturated carbocycles. The van der Waals surface area contributed by atoms with Gasteiger partial charge in [-0.2, -0.15) is 0 Å². The maximum Gasteiger partial charge on any atom is 0.329 e. The molecule has 29 heavy (non-hydrogen) atoms. The van der Waals surface area contributed by atoms with Crippen LogP contribution in [0.1, 0.15) is 40.9 Å². The summed E-state index contributed by atoms with van der Waals surface area (Å²) in [7, 11) is 0. The molecule has 0 spiro atoms. The van der Waals surface area contributed by atoms with Crippen LogP contribution in [0.4, 0.5) is 0 Å². The van der Waals surface area contributed by atoms with Crippen molar-refractivity contribution in [2.75, 3.05) is 6.79 Å². The molecular formula is C22H24ClNO5. The third kappa shape index (κ3) is 5.28. The molecule has 2 aromatic carbocycles. The standard InChI is InChI=1S/C22H24ClNO5/c1-13(2)19(24-21(25)15-6-4-5-14(3)7-15)22(26)28-11-17-9-18(23)8-16-10-27-12-29-20(16)17/h4-9,13,19H,10-12H2,1-3H3,(H,24,25)/t19-/m0/s1. The van der Waals surface area contributed by atoms with Crippen LogP contribution in [-0.4, -0.2) is 24.7 Å². The second-order valence-corrected chi connectivity index (χ2v) is 7.77. The number of halogens is 1. The van der Waals surface area contributed by atoms with Crippen molar-refractivity contribution in [3.8, 4) is 5.75 Å². The highest BCUT2D eigenvalue weighted by atomic mass is 35.5. The fourth-order valence-electron chi connectivity index (χ4n) is 3.11. The van der Waals surface area contributed by atoms with Crippen LogP contribution >= 0.6 is 11.6 Å². The van der Waals surface area contributed by atoms with Crippen LogP contribution in [0.5, 0.6) is 5.75 Å². The van der Waals surface area contributed by atoms with Gasteiger partial charge in [-0.15, -0.1) is 0 Å². The maximum absolute atomic E-state index is 12.7. The van der Waals surface area contributed by atoms with E-state index in [0.717, 1.165) is 11.1 Å². The number of benzene rings is 2. The number of hydrogen-bond donors (Lipinski definition) is 1. The van der Waals surface area contributed by atoms with Gasteiger partial charge in [0.05, 0.1) is 6.61 Å². The molecule has 1 N–H and O–H groups in total. The lowest BCUT2D eigenvalue weighted by Gasteiger charge is -2.23. The average Bonchev–Trinajstić information content (AvgIpc) is 2.69. The molecule has 6 nitrogen and oxygen atoms in total. The van der Waals surface area contributed by atoms with Crippen LogP contribution in [0, 0.1) is 12.8 Å². The predicted molar refractivity (Wildman–Crippen MR) is 109 cm³/mol. The molecule has 0 bridgehead atoms. The van der Waals surface area contributed by atoms with Crippen molar-refractivity contribution in [1.82, 2.24) is 5.32 Å². The number of fused-ring (bicyclic) bond motifs is 1. The van der Waals surface area contributed by atoms with E-state index in [0.29, 0.717) is 28.5 Å². The van der Waals surface area contributed by atoms with Crippen molar-refractivity contribution in [1.29, 1.82) is 0 Å². The Kier molecular flexibility index (Phi) is 6.77. The largest absolute Gasteiger partial charge is 0.467 e. The molecule has 0 aliphatic carbocycles. The van der Waals surface area contributed by atoms with E-state index in [1.54, 1.807) is 30.3 Å². The zero-order chi connectivity index (χ0) is 21.0. The van der Waals surface area contributed by atoms with Crippen LogP contribution in [0.15, 0.2) is 36.4 Å². The minimum absolute atomic E-state index is 0.00867. The fraction of sp³-hybridized carbons (Fsp3) is 0.364. The van der Waals surface area contributed by atoms with E-state index in [-0.39, 0.29) is 25.2 Å². The molecule has 2 aromatic rings. The highest BCUT2D eigenvalue weighted by Crippen LogP contribution is 2.32. The van der Waals surface area contributed by atoms with Crippen LogP contribution < -0.4 is 10.1 Å². The van der Waals surface area contributed by atoms with Crippen molar-refractivity contribution in [3.63, 3.8) is 0 Å². The summed E-state index contributed by atoms with van der Waals surface area (Å²) in [4.78, 5) is 25.3. The fourth-order valence-corrected chi connectivity index (χ4v) is 3.37. The number of aryl methyl sites for hydroxylation is 1. The molecule has 1 heterocycles. The lowest BCUT2D eigenvalue weighted by atomic mass is 10.0. The van der Waals surface area contributed by atoms with Crippen molar-refractivity contribution >= 4 is 23.5 Å². The number of carbonyl (C=O) groups excluding carboxylic acids is 2. The Morgan fingerprint density at radius 2 is 2.03 bits per heavy atom. The molecule has 154 valence electrons. The van der Waals surface area contributed by atoms with Crippen molar-refractivity contribution < 1.29 is 23.8 Å². The third-order valence-corrected chi connectivity index (χ3v) is 4.83. The molecule has 7 heteroatoms. The number of rotatable bonds is 6. The second kappa shape index (κ2) is 9.29. The van der Waals surface area contributed by atoms with Gasteiger partial charge in [0.2, 0.25) is 0 Å². The first-order chi connectivity index (χ1) is 13.8. The molecule has 0 saturated heterocycles. The van der Waals surface area contributed by atoms with Crippen molar-refractivity contribution in [2.24, 2.45) is 5.92 Å². The number of hydrogen-bond acceptors (Lipinski definition) is 5. The normalized spacial score (nSPS) is 14.0. The molecular weight excluding hydrogens is 394 g/mol. The Morgan fingerprint density at radius 1 is 1.24 bits per heavy atom. The lowest BCUT2D eigenvalue weighted by Crippen LogP contribution is -2.45. The van der Waals surface area contributed by atoms with E-state index in [9.17, 15) is 9.59 Å². The number of amides is 1. The zero-order valence-electron chi connectivity index (χ0n) is 16.7. The molecule has 1 aliphatic heterocycles. The molecule has 0 aromatic heterocycles. The number of esters is 1. The summed E-state index contributed by atoms with van der Waals surface area (Å²) in [6.45, 7) is 6.12. The van der Waals surface area contributed by atoms with Gasteiger partial charge in [-0.05, 0) is 37.1 Å². The summed E-state index contributed by atoms with van der Waals surface area (Å²) in [6.07, 6.45) is 0. The summed E-state index contributed by atoms with van der Waals surface area (Å²) in [6, 6.07) is 9.89. The minimum atomic E-state index is -0.776. The highest BCUT2D eigenvalue weighted by Gasteiger charge is 2.27. The SMILES string of the molecule is Cc1cccc(C(=O)N[C@H](C(=O)OCc2cc(Cl)cc3c2OCOC3)C(C)C)c1. The van der Waals surface area contributed by atoms with E-state index in [2.05, 4.69) is 5.32 Å². The zero-order valence-corrected chi connectivity index (χ0v) is 17.4. The highest BCUT2D eigenvalue weighted by molar-refractivity contribution is 6.30. The number of nitrogens with one attached hydrogen (secondary N) is 1. The molecule has 0 fully saturated rings. The van der Waals surface area contributed by atoms with Gasteiger partial charge in [0, 0.05) is 21.7 Å². The summed E-state index contributed by atoms with van der Waals surface area (Å²) < 4.78 is 16.3. The van der Waals surface area contributed by atoms with Gasteiger partial charge in [-0.25, -0.2) is 4.79 Å². The Labute approximate surface area is 175 Å². The van der Waals surface area contributed by atoms with E-state index in [4.69, 9.17) is 25.8 Å². The maximum atomic E-state index is 12.7. The number of ether oxygens (including phenoxy) is 3. The summed E-state index contributed by atoms with van der Waals surface area (Å²) in [5.74, 6) is -0.348. The van der Waals surface area contributed by atoms with Gasteiger partial charge < -0.3 is 19.5 Å². The van der Waals surface area contributed by atoms with Gasteiger partial charge >= 0.3 is 5.97 Å². The molecule has 1 aliphatic rings. The average molecular weight is 418 g/mol. The summed E-state index contributed by atoms with van der Waals surface area (Å²) >= 11 is 6.15. The number of carbonyl (C=O) groups is 2. The second-order valence-electron chi connectivity index (χ2n) is 7.34. The minimum Gasteiger partial charge on any atom is -0.467 e. The van der Waals surface area contributed by atoms with E-state index < -0.39 is 12.0 Å². The lowest BCUT2D eigenvalue weighted by molar-refractivity contribution is -0.148. The Bertz CT molecular complexity index is 912. The van der Waals surface area contributed by atoms with Crippen LogP contribution in [0.3, 0.4) is 0 Å². The topological polar surface area (TPSA) is 73.9 Å². The predicted octanol–water partition coefficient (Wildman–Crippen LogP) is 4.01. The van der Waals surface area contributed by atoms with Gasteiger partial charge in [0.15, 0.2) is 6.79 Å². The first-order valence-corrected chi connectivity index (χ1v) is 9.79. The van der Waals surface area contributed by atoms with Gasteiger partial charge in [0.1, 0.15) is 18.4 Å².